The molecule has 0 amide bonds. The van der Waals surface area contributed by atoms with Gasteiger partial charge in [-0.3, -0.25) is 4.79 Å². The monoisotopic (exact) mass is 242 g/mol. The van der Waals surface area contributed by atoms with Crippen LogP contribution >= 0.6 is 11.6 Å². The van der Waals surface area contributed by atoms with Gasteiger partial charge in [-0.1, -0.05) is 24.1 Å². The van der Waals surface area contributed by atoms with Gasteiger partial charge in [-0.2, -0.15) is 0 Å². The Morgan fingerprint density at radius 2 is 2.12 bits per heavy atom. The lowest BCUT2D eigenvalue weighted by atomic mass is 9.63. The zero-order chi connectivity index (χ0) is 11.9. The summed E-state index contributed by atoms with van der Waals surface area (Å²) in [5.74, 6) is -1.54. The van der Waals surface area contributed by atoms with Gasteiger partial charge in [-0.05, 0) is 31.4 Å². The third kappa shape index (κ3) is 1.42. The molecule has 0 radical (unpaired) electrons. The molecule has 0 atom stereocenters. The minimum Gasteiger partial charge on any atom is -0.481 e. The highest BCUT2D eigenvalue weighted by atomic mass is 35.5. The standard InChI is InChI=1S/C12H12ClFO2/c1-7-3-4-8(13)10(14)9(7)12(11(15)16)5-2-6-12/h3-4H,2,5-6H2,1H3,(H,15,16). The number of aliphatic carboxylic acids is 1. The van der Waals surface area contributed by atoms with Crippen molar-refractivity contribution in [3.8, 4) is 0 Å². The van der Waals surface area contributed by atoms with Crippen molar-refractivity contribution in [3.63, 3.8) is 0 Å². The predicted octanol–water partition coefficient (Wildman–Crippen LogP) is 3.29. The molecule has 0 aliphatic heterocycles. The Bertz CT molecular complexity index is 453. The Balaban J connectivity index is 2.63. The highest BCUT2D eigenvalue weighted by Crippen LogP contribution is 2.47. The molecule has 1 aliphatic rings. The lowest BCUT2D eigenvalue weighted by Crippen LogP contribution is -2.43. The maximum Gasteiger partial charge on any atom is 0.314 e. The van der Waals surface area contributed by atoms with E-state index in [4.69, 9.17) is 11.6 Å². The maximum absolute atomic E-state index is 13.9. The molecular formula is C12H12ClFO2. The van der Waals surface area contributed by atoms with Crippen molar-refractivity contribution >= 4 is 17.6 Å². The molecular weight excluding hydrogens is 231 g/mol. The van der Waals surface area contributed by atoms with Crippen molar-refractivity contribution in [2.45, 2.75) is 31.6 Å². The van der Waals surface area contributed by atoms with Crippen LogP contribution in [-0.2, 0) is 10.2 Å². The number of aryl methyl sites for hydroxylation is 1. The van der Waals surface area contributed by atoms with Crippen LogP contribution in [0.2, 0.25) is 5.02 Å². The van der Waals surface area contributed by atoms with E-state index in [1.807, 2.05) is 0 Å². The van der Waals surface area contributed by atoms with E-state index < -0.39 is 17.2 Å². The summed E-state index contributed by atoms with van der Waals surface area (Å²) < 4.78 is 13.9. The summed E-state index contributed by atoms with van der Waals surface area (Å²) >= 11 is 5.71. The lowest BCUT2D eigenvalue weighted by molar-refractivity contribution is -0.147. The van der Waals surface area contributed by atoms with Crippen LogP contribution in [0.3, 0.4) is 0 Å². The lowest BCUT2D eigenvalue weighted by Gasteiger charge is -2.39. The van der Waals surface area contributed by atoms with E-state index in [9.17, 15) is 14.3 Å². The van der Waals surface area contributed by atoms with Crippen LogP contribution in [0.25, 0.3) is 0 Å². The van der Waals surface area contributed by atoms with Gasteiger partial charge < -0.3 is 5.11 Å². The Labute approximate surface area is 98.0 Å². The number of benzene rings is 1. The number of hydrogen-bond donors (Lipinski definition) is 1. The Hall–Kier alpha value is -1.09. The molecule has 0 saturated heterocycles. The van der Waals surface area contributed by atoms with E-state index in [-0.39, 0.29) is 10.6 Å². The average molecular weight is 243 g/mol. The summed E-state index contributed by atoms with van der Waals surface area (Å²) in [7, 11) is 0. The Kier molecular flexibility index (Phi) is 2.66. The molecule has 1 fully saturated rings. The smallest absolute Gasteiger partial charge is 0.314 e. The van der Waals surface area contributed by atoms with Crippen molar-refractivity contribution in [1.29, 1.82) is 0 Å². The van der Waals surface area contributed by atoms with Gasteiger partial charge in [0.15, 0.2) is 0 Å². The summed E-state index contributed by atoms with van der Waals surface area (Å²) in [6.45, 7) is 1.72. The summed E-state index contributed by atoms with van der Waals surface area (Å²) in [5.41, 5.74) is -0.137. The van der Waals surface area contributed by atoms with Crippen molar-refractivity contribution in [2.24, 2.45) is 0 Å². The highest BCUT2D eigenvalue weighted by Gasteiger charge is 2.48. The molecule has 1 aromatic carbocycles. The fourth-order valence-electron chi connectivity index (χ4n) is 2.34. The first kappa shape index (κ1) is 11.4. The van der Waals surface area contributed by atoms with Crippen LogP contribution in [-0.4, -0.2) is 11.1 Å². The van der Waals surface area contributed by atoms with E-state index >= 15 is 0 Å². The van der Waals surface area contributed by atoms with Crippen LogP contribution in [0.5, 0.6) is 0 Å². The van der Waals surface area contributed by atoms with Crippen LogP contribution in [0, 0.1) is 12.7 Å². The zero-order valence-electron chi connectivity index (χ0n) is 8.89. The van der Waals surface area contributed by atoms with Crippen molar-refractivity contribution in [3.05, 3.63) is 34.1 Å². The fraction of sp³-hybridized carbons (Fsp3) is 0.417. The van der Waals surface area contributed by atoms with Crippen molar-refractivity contribution in [1.82, 2.24) is 0 Å². The van der Waals surface area contributed by atoms with E-state index in [1.165, 1.54) is 6.07 Å². The van der Waals surface area contributed by atoms with Crippen molar-refractivity contribution < 1.29 is 14.3 Å². The molecule has 0 bridgehead atoms. The molecule has 2 nitrogen and oxygen atoms in total. The van der Waals surface area contributed by atoms with Crippen LogP contribution < -0.4 is 0 Å². The molecule has 16 heavy (non-hydrogen) atoms. The van der Waals surface area contributed by atoms with Gasteiger partial charge in [0.05, 0.1) is 10.4 Å². The summed E-state index contributed by atoms with van der Waals surface area (Å²) in [4.78, 5) is 11.3. The van der Waals surface area contributed by atoms with Gasteiger partial charge in [0.1, 0.15) is 5.82 Å². The number of hydrogen-bond acceptors (Lipinski definition) is 1. The predicted molar refractivity (Wildman–Crippen MR) is 59.3 cm³/mol. The summed E-state index contributed by atoms with van der Waals surface area (Å²) in [5, 5.41) is 9.26. The molecule has 1 aromatic rings. The minimum absolute atomic E-state index is 0.00637. The molecule has 1 saturated carbocycles. The van der Waals surface area contributed by atoms with Gasteiger partial charge in [0, 0.05) is 5.56 Å². The van der Waals surface area contributed by atoms with E-state index in [0.717, 1.165) is 6.42 Å². The second-order valence-corrected chi connectivity index (χ2v) is 4.70. The van der Waals surface area contributed by atoms with Gasteiger partial charge in [0.2, 0.25) is 0 Å². The van der Waals surface area contributed by atoms with E-state index in [1.54, 1.807) is 13.0 Å². The largest absolute Gasteiger partial charge is 0.481 e. The first-order valence-electron chi connectivity index (χ1n) is 5.17. The van der Waals surface area contributed by atoms with E-state index in [2.05, 4.69) is 0 Å². The molecule has 2 rings (SSSR count). The van der Waals surface area contributed by atoms with Crippen LogP contribution in [0.4, 0.5) is 4.39 Å². The third-order valence-corrected chi connectivity index (χ3v) is 3.69. The first-order chi connectivity index (χ1) is 7.49. The quantitative estimate of drug-likeness (QED) is 0.864. The average Bonchev–Trinajstić information content (AvgIpc) is 2.15. The number of carboxylic acids is 1. The number of rotatable bonds is 2. The maximum atomic E-state index is 13.9. The summed E-state index contributed by atoms with van der Waals surface area (Å²) in [6, 6.07) is 3.13. The fourth-order valence-corrected chi connectivity index (χ4v) is 2.49. The van der Waals surface area contributed by atoms with Crippen molar-refractivity contribution in [2.75, 3.05) is 0 Å². The highest BCUT2D eigenvalue weighted by molar-refractivity contribution is 6.30. The van der Waals surface area contributed by atoms with Gasteiger partial charge in [0.25, 0.3) is 0 Å². The molecule has 4 heteroatoms. The zero-order valence-corrected chi connectivity index (χ0v) is 9.64. The summed E-state index contributed by atoms with van der Waals surface area (Å²) in [6.07, 6.45) is 1.79. The number of carboxylic acid groups (broad SMARTS) is 1. The van der Waals surface area contributed by atoms with E-state index in [0.29, 0.717) is 18.4 Å². The van der Waals surface area contributed by atoms with Gasteiger partial charge in [-0.15, -0.1) is 0 Å². The Morgan fingerprint density at radius 1 is 1.50 bits per heavy atom. The molecule has 0 unspecified atom stereocenters. The molecule has 1 aliphatic carbocycles. The third-order valence-electron chi connectivity index (χ3n) is 3.40. The number of halogens is 2. The molecule has 0 heterocycles. The normalized spacial score (nSPS) is 17.9. The molecule has 0 spiro atoms. The van der Waals surface area contributed by atoms with Gasteiger partial charge in [-0.25, -0.2) is 4.39 Å². The first-order valence-corrected chi connectivity index (χ1v) is 5.55. The molecule has 86 valence electrons. The number of carbonyl (C=O) groups is 1. The molecule has 0 aromatic heterocycles. The Morgan fingerprint density at radius 3 is 2.56 bits per heavy atom. The molecule has 1 N–H and O–H groups in total. The van der Waals surface area contributed by atoms with Gasteiger partial charge >= 0.3 is 5.97 Å². The van der Waals surface area contributed by atoms with Crippen LogP contribution in [0.15, 0.2) is 12.1 Å². The second kappa shape index (κ2) is 3.74. The topological polar surface area (TPSA) is 37.3 Å². The minimum atomic E-state index is -1.06. The van der Waals surface area contributed by atoms with Crippen LogP contribution in [0.1, 0.15) is 30.4 Å². The SMILES string of the molecule is Cc1ccc(Cl)c(F)c1C1(C(=O)O)CCC1. The second-order valence-electron chi connectivity index (χ2n) is 4.29.